The van der Waals surface area contributed by atoms with Crippen molar-refractivity contribution in [1.29, 1.82) is 0 Å². The molecule has 5 heteroatoms. The normalized spacial score (nSPS) is 12.9. The van der Waals surface area contributed by atoms with Crippen LogP contribution < -0.4 is 5.32 Å². The second-order valence-electron chi connectivity index (χ2n) is 3.62. The SMILES string of the molecule is CCNC(Cc1ccco1)c1snnc1C. The zero-order chi connectivity index (χ0) is 11.4. The molecule has 2 aromatic heterocycles. The van der Waals surface area contributed by atoms with Crippen molar-refractivity contribution >= 4 is 11.5 Å². The molecule has 0 aliphatic heterocycles. The fraction of sp³-hybridized carbons (Fsp3) is 0.455. The zero-order valence-corrected chi connectivity index (χ0v) is 10.3. The van der Waals surface area contributed by atoms with E-state index in [1.165, 1.54) is 16.4 Å². The lowest BCUT2D eigenvalue weighted by Gasteiger charge is -2.14. The van der Waals surface area contributed by atoms with Gasteiger partial charge in [-0.15, -0.1) is 5.10 Å². The average molecular weight is 237 g/mol. The first-order valence-corrected chi connectivity index (χ1v) is 6.13. The molecule has 0 spiro atoms. The first-order valence-electron chi connectivity index (χ1n) is 5.36. The van der Waals surface area contributed by atoms with Gasteiger partial charge >= 0.3 is 0 Å². The molecule has 0 aliphatic rings. The molecule has 2 heterocycles. The minimum absolute atomic E-state index is 0.246. The van der Waals surface area contributed by atoms with Crippen molar-refractivity contribution in [2.24, 2.45) is 0 Å². The molecule has 0 fully saturated rings. The van der Waals surface area contributed by atoms with E-state index >= 15 is 0 Å². The molecule has 1 atom stereocenters. The molecule has 0 saturated carbocycles. The van der Waals surface area contributed by atoms with Gasteiger partial charge in [-0.1, -0.05) is 11.4 Å². The summed E-state index contributed by atoms with van der Waals surface area (Å²) in [6.45, 7) is 5.01. The predicted octanol–water partition coefficient (Wildman–Crippen LogP) is 2.33. The maximum atomic E-state index is 5.37. The summed E-state index contributed by atoms with van der Waals surface area (Å²) >= 11 is 1.45. The van der Waals surface area contributed by atoms with Gasteiger partial charge in [0.25, 0.3) is 0 Å². The van der Waals surface area contributed by atoms with E-state index in [0.29, 0.717) is 0 Å². The lowest BCUT2D eigenvalue weighted by molar-refractivity contribution is 0.457. The van der Waals surface area contributed by atoms with Crippen LogP contribution in [0.5, 0.6) is 0 Å². The van der Waals surface area contributed by atoms with Crippen LogP contribution in [-0.4, -0.2) is 16.1 Å². The molecule has 0 amide bonds. The second-order valence-corrected chi connectivity index (χ2v) is 4.40. The molecule has 1 unspecified atom stereocenters. The van der Waals surface area contributed by atoms with Gasteiger partial charge in [0.2, 0.25) is 0 Å². The summed E-state index contributed by atoms with van der Waals surface area (Å²) in [7, 11) is 0. The number of rotatable bonds is 5. The molecular formula is C11H15N3OS. The molecular weight excluding hydrogens is 222 g/mol. The third-order valence-electron chi connectivity index (χ3n) is 2.44. The van der Waals surface area contributed by atoms with Gasteiger partial charge in [-0.25, -0.2) is 0 Å². The first-order chi connectivity index (χ1) is 7.81. The summed E-state index contributed by atoms with van der Waals surface area (Å²) in [5.74, 6) is 0.985. The highest BCUT2D eigenvalue weighted by molar-refractivity contribution is 7.05. The van der Waals surface area contributed by atoms with Crippen molar-refractivity contribution in [3.8, 4) is 0 Å². The van der Waals surface area contributed by atoms with E-state index in [4.69, 9.17) is 4.42 Å². The van der Waals surface area contributed by atoms with Gasteiger partial charge in [-0.3, -0.25) is 0 Å². The van der Waals surface area contributed by atoms with Crippen molar-refractivity contribution in [2.75, 3.05) is 6.54 Å². The number of hydrogen-bond acceptors (Lipinski definition) is 5. The topological polar surface area (TPSA) is 51.0 Å². The maximum absolute atomic E-state index is 5.37. The molecule has 86 valence electrons. The van der Waals surface area contributed by atoms with Crippen molar-refractivity contribution < 1.29 is 4.42 Å². The predicted molar refractivity (Wildman–Crippen MR) is 63.5 cm³/mol. The first kappa shape index (κ1) is 11.3. The van der Waals surface area contributed by atoms with Crippen LogP contribution in [0, 0.1) is 6.92 Å². The van der Waals surface area contributed by atoms with Gasteiger partial charge in [0.15, 0.2) is 0 Å². The Balaban J connectivity index is 2.14. The Bertz CT molecular complexity index is 424. The number of furan rings is 1. The lowest BCUT2D eigenvalue weighted by atomic mass is 10.1. The van der Waals surface area contributed by atoms with Crippen LogP contribution in [0.15, 0.2) is 22.8 Å². The number of hydrogen-bond donors (Lipinski definition) is 1. The lowest BCUT2D eigenvalue weighted by Crippen LogP contribution is -2.22. The van der Waals surface area contributed by atoms with E-state index in [1.54, 1.807) is 6.26 Å². The van der Waals surface area contributed by atoms with E-state index in [-0.39, 0.29) is 6.04 Å². The van der Waals surface area contributed by atoms with E-state index in [2.05, 4.69) is 21.8 Å². The summed E-state index contributed by atoms with van der Waals surface area (Å²) in [6, 6.07) is 4.15. The minimum Gasteiger partial charge on any atom is -0.469 e. The third-order valence-corrected chi connectivity index (χ3v) is 3.38. The average Bonchev–Trinajstić information content (AvgIpc) is 2.88. The summed E-state index contributed by atoms with van der Waals surface area (Å²) < 4.78 is 9.35. The number of likely N-dealkylation sites (N-methyl/N-ethyl adjacent to an activating group) is 1. The Hall–Kier alpha value is -1.20. The number of nitrogens with one attached hydrogen (secondary N) is 1. The highest BCUT2D eigenvalue weighted by Gasteiger charge is 2.17. The Kier molecular flexibility index (Phi) is 3.69. The van der Waals surface area contributed by atoms with Gasteiger partial charge in [0, 0.05) is 6.42 Å². The summed E-state index contributed by atoms with van der Waals surface area (Å²) in [5.41, 5.74) is 1.00. The monoisotopic (exact) mass is 237 g/mol. The zero-order valence-electron chi connectivity index (χ0n) is 9.43. The largest absolute Gasteiger partial charge is 0.469 e. The van der Waals surface area contributed by atoms with Gasteiger partial charge in [0.05, 0.1) is 22.9 Å². The number of nitrogens with zero attached hydrogens (tertiary/aromatic N) is 2. The van der Waals surface area contributed by atoms with Gasteiger partial charge in [-0.2, -0.15) is 0 Å². The van der Waals surface area contributed by atoms with Crippen molar-refractivity contribution in [3.05, 3.63) is 34.7 Å². The van der Waals surface area contributed by atoms with Crippen molar-refractivity contribution in [3.63, 3.8) is 0 Å². The molecule has 0 aliphatic carbocycles. The van der Waals surface area contributed by atoms with Crippen molar-refractivity contribution in [1.82, 2.24) is 14.9 Å². The molecule has 0 bridgehead atoms. The Morgan fingerprint density at radius 1 is 1.56 bits per heavy atom. The van der Waals surface area contributed by atoms with Crippen molar-refractivity contribution in [2.45, 2.75) is 26.3 Å². The molecule has 2 aromatic rings. The highest BCUT2D eigenvalue weighted by Crippen LogP contribution is 2.23. The molecule has 0 aromatic carbocycles. The standard InChI is InChI=1S/C11H15N3OS/c1-3-12-10(7-9-5-4-6-15-9)11-8(2)13-14-16-11/h4-6,10,12H,3,7H2,1-2H3. The summed E-state index contributed by atoms with van der Waals surface area (Å²) in [6.07, 6.45) is 2.54. The van der Waals surface area contributed by atoms with Crippen LogP contribution in [0.25, 0.3) is 0 Å². The fourth-order valence-electron chi connectivity index (χ4n) is 1.69. The van der Waals surface area contributed by atoms with E-state index in [0.717, 1.165) is 24.4 Å². The van der Waals surface area contributed by atoms with Crippen LogP contribution in [0.3, 0.4) is 0 Å². The fourth-order valence-corrected chi connectivity index (χ4v) is 2.41. The smallest absolute Gasteiger partial charge is 0.105 e. The summed E-state index contributed by atoms with van der Waals surface area (Å²) in [5, 5.41) is 7.48. The highest BCUT2D eigenvalue weighted by atomic mass is 32.1. The van der Waals surface area contributed by atoms with E-state index < -0.39 is 0 Å². The quantitative estimate of drug-likeness (QED) is 0.867. The van der Waals surface area contributed by atoms with Crippen LogP contribution >= 0.6 is 11.5 Å². The molecule has 0 saturated heterocycles. The summed E-state index contributed by atoms with van der Waals surface area (Å²) in [4.78, 5) is 1.19. The van der Waals surface area contributed by atoms with E-state index in [9.17, 15) is 0 Å². The third kappa shape index (κ3) is 2.48. The molecule has 2 rings (SSSR count). The Morgan fingerprint density at radius 2 is 2.44 bits per heavy atom. The molecule has 4 nitrogen and oxygen atoms in total. The van der Waals surface area contributed by atoms with Crippen LogP contribution in [0.1, 0.15) is 29.3 Å². The van der Waals surface area contributed by atoms with Gasteiger partial charge in [-0.05, 0) is 37.1 Å². The number of aromatic nitrogens is 2. The van der Waals surface area contributed by atoms with Crippen LogP contribution in [-0.2, 0) is 6.42 Å². The van der Waals surface area contributed by atoms with E-state index in [1.807, 2.05) is 19.1 Å². The molecule has 0 radical (unpaired) electrons. The van der Waals surface area contributed by atoms with Crippen LogP contribution in [0.4, 0.5) is 0 Å². The Morgan fingerprint density at radius 3 is 3.00 bits per heavy atom. The molecule has 16 heavy (non-hydrogen) atoms. The van der Waals surface area contributed by atoms with Crippen LogP contribution in [0.2, 0.25) is 0 Å². The maximum Gasteiger partial charge on any atom is 0.105 e. The van der Waals surface area contributed by atoms with Gasteiger partial charge in [0.1, 0.15) is 5.76 Å². The number of aryl methyl sites for hydroxylation is 1. The Labute approximate surface area is 98.8 Å². The second kappa shape index (κ2) is 5.23. The minimum atomic E-state index is 0.246. The molecule has 1 N–H and O–H groups in total. The van der Waals surface area contributed by atoms with Gasteiger partial charge < -0.3 is 9.73 Å².